The summed E-state index contributed by atoms with van der Waals surface area (Å²) < 4.78 is 8.22. The molecular formula is C22H16N2O2S. The van der Waals surface area contributed by atoms with Gasteiger partial charge in [0.1, 0.15) is 16.1 Å². The summed E-state index contributed by atoms with van der Waals surface area (Å²) in [6.07, 6.45) is 1.79. The first-order valence-electron chi connectivity index (χ1n) is 8.69. The van der Waals surface area contributed by atoms with Crippen molar-refractivity contribution in [1.29, 1.82) is 0 Å². The van der Waals surface area contributed by atoms with Crippen LogP contribution in [-0.4, -0.2) is 9.38 Å². The Hall–Kier alpha value is -3.18. The molecule has 5 heteroatoms. The Kier molecular flexibility index (Phi) is 3.52. The highest BCUT2D eigenvalue weighted by atomic mass is 32.1. The molecule has 0 aliphatic heterocycles. The van der Waals surface area contributed by atoms with E-state index < -0.39 is 0 Å². The summed E-state index contributed by atoms with van der Waals surface area (Å²) in [5.41, 5.74) is 5.00. The van der Waals surface area contributed by atoms with Crippen LogP contribution in [0.5, 0.6) is 0 Å². The highest BCUT2D eigenvalue weighted by molar-refractivity contribution is 7.15. The molecular weight excluding hydrogens is 356 g/mol. The third kappa shape index (κ3) is 2.59. The summed E-state index contributed by atoms with van der Waals surface area (Å²) in [4.78, 5) is 18.3. The Labute approximate surface area is 159 Å². The summed E-state index contributed by atoms with van der Waals surface area (Å²) in [7, 11) is 0. The first-order valence-corrected chi connectivity index (χ1v) is 9.51. The quantitative estimate of drug-likeness (QED) is 0.463. The number of hydrogen-bond acceptors (Lipinski definition) is 4. The molecule has 3 heterocycles. The van der Waals surface area contributed by atoms with Gasteiger partial charge >= 0.3 is 0 Å². The molecule has 0 saturated heterocycles. The molecule has 3 aromatic heterocycles. The molecule has 0 aliphatic carbocycles. The van der Waals surface area contributed by atoms with Gasteiger partial charge in [-0.15, -0.1) is 0 Å². The molecule has 0 fully saturated rings. The molecule has 0 bridgehead atoms. The van der Waals surface area contributed by atoms with E-state index in [1.807, 2.05) is 61.5 Å². The summed E-state index contributed by atoms with van der Waals surface area (Å²) in [6, 6.07) is 17.8. The zero-order valence-corrected chi connectivity index (χ0v) is 15.7. The van der Waals surface area contributed by atoms with Gasteiger partial charge in [0.2, 0.25) is 0 Å². The van der Waals surface area contributed by atoms with Crippen molar-refractivity contribution in [2.24, 2.45) is 0 Å². The van der Waals surface area contributed by atoms with Gasteiger partial charge < -0.3 is 4.42 Å². The van der Waals surface area contributed by atoms with E-state index in [9.17, 15) is 4.79 Å². The predicted molar refractivity (Wildman–Crippen MR) is 109 cm³/mol. The van der Waals surface area contributed by atoms with E-state index >= 15 is 0 Å². The van der Waals surface area contributed by atoms with Crippen LogP contribution in [0.4, 0.5) is 0 Å². The second-order valence-corrected chi connectivity index (χ2v) is 7.65. The topological polar surface area (TPSA) is 47.5 Å². The largest absolute Gasteiger partial charge is 0.457 e. The number of aromatic nitrogens is 2. The van der Waals surface area contributed by atoms with Crippen molar-refractivity contribution in [3.8, 4) is 11.3 Å². The van der Waals surface area contributed by atoms with Crippen molar-refractivity contribution in [2.45, 2.75) is 13.8 Å². The summed E-state index contributed by atoms with van der Waals surface area (Å²) in [5.74, 6) is 1.44. The van der Waals surface area contributed by atoms with Gasteiger partial charge in [-0.25, -0.2) is 9.38 Å². The zero-order chi connectivity index (χ0) is 18.5. The maximum Gasteiger partial charge on any atom is 0.275 e. The number of benzene rings is 2. The van der Waals surface area contributed by atoms with Gasteiger partial charge in [0.15, 0.2) is 4.96 Å². The normalized spacial score (nSPS) is 12.4. The minimum Gasteiger partial charge on any atom is -0.457 e. The summed E-state index contributed by atoms with van der Waals surface area (Å²) in [6.45, 7) is 4.10. The number of aryl methyl sites for hydroxylation is 2. The molecule has 0 unspecified atom stereocenters. The Bertz CT molecular complexity index is 1410. The van der Waals surface area contributed by atoms with E-state index in [1.54, 1.807) is 10.5 Å². The number of rotatable bonds is 2. The number of fused-ring (bicyclic) bond motifs is 3. The highest BCUT2D eigenvalue weighted by Gasteiger charge is 2.13. The molecule has 5 aromatic rings. The van der Waals surface area contributed by atoms with Crippen molar-refractivity contribution in [3.05, 3.63) is 86.4 Å². The van der Waals surface area contributed by atoms with Crippen LogP contribution in [0, 0.1) is 13.8 Å². The molecule has 0 atom stereocenters. The highest BCUT2D eigenvalue weighted by Crippen LogP contribution is 2.23. The van der Waals surface area contributed by atoms with E-state index in [2.05, 4.69) is 11.9 Å². The fraction of sp³-hybridized carbons (Fsp3) is 0.0909. The number of furan rings is 1. The summed E-state index contributed by atoms with van der Waals surface area (Å²) in [5, 5.41) is 0. The van der Waals surface area contributed by atoms with Crippen LogP contribution in [-0.2, 0) is 0 Å². The van der Waals surface area contributed by atoms with E-state index in [-0.39, 0.29) is 5.56 Å². The Balaban J connectivity index is 1.65. The monoisotopic (exact) mass is 372 g/mol. The number of imidazole rings is 1. The second-order valence-electron chi connectivity index (χ2n) is 6.64. The molecule has 5 rings (SSSR count). The van der Waals surface area contributed by atoms with Crippen molar-refractivity contribution in [2.75, 3.05) is 0 Å². The molecule has 4 nitrogen and oxygen atoms in total. The number of hydrogen-bond donors (Lipinski definition) is 0. The Morgan fingerprint density at radius 1 is 1.04 bits per heavy atom. The van der Waals surface area contributed by atoms with Gasteiger partial charge in [0.25, 0.3) is 5.56 Å². The standard InChI is InChI=1S/C22H16N2O2S/c1-13-10-17-18(11-14(13)2)24-21(25)20(27-22(24)23-17)12-16-8-9-19(26-16)15-6-4-3-5-7-15/h3-12H,1-2H3/b20-12-. The van der Waals surface area contributed by atoms with Crippen LogP contribution < -0.4 is 10.1 Å². The maximum atomic E-state index is 12.9. The molecule has 2 aromatic carbocycles. The molecule has 132 valence electrons. The van der Waals surface area contributed by atoms with Gasteiger partial charge in [0.05, 0.1) is 11.0 Å². The van der Waals surface area contributed by atoms with Gasteiger partial charge in [-0.3, -0.25) is 4.79 Å². The SMILES string of the molecule is Cc1cc2nc3s/c(=C\c4ccc(-c5ccccc5)o4)c(=O)n3c2cc1C. The van der Waals surface area contributed by atoms with Crippen molar-refractivity contribution in [1.82, 2.24) is 9.38 Å². The minimum atomic E-state index is -0.0570. The third-order valence-electron chi connectivity index (χ3n) is 4.81. The minimum absolute atomic E-state index is 0.0570. The number of nitrogens with zero attached hydrogens (tertiary/aromatic N) is 2. The third-order valence-corrected chi connectivity index (χ3v) is 5.78. The molecule has 0 radical (unpaired) electrons. The molecule has 0 spiro atoms. The first-order chi connectivity index (χ1) is 13.1. The van der Waals surface area contributed by atoms with E-state index in [1.165, 1.54) is 16.9 Å². The molecule has 0 aliphatic rings. The Morgan fingerprint density at radius 3 is 2.63 bits per heavy atom. The maximum absolute atomic E-state index is 12.9. The second kappa shape index (κ2) is 5.93. The smallest absolute Gasteiger partial charge is 0.275 e. The van der Waals surface area contributed by atoms with Crippen LogP contribution in [0.1, 0.15) is 16.9 Å². The predicted octanol–water partition coefficient (Wildman–Crippen LogP) is 4.33. The average Bonchev–Trinajstić information content (AvgIpc) is 3.34. The molecule has 0 N–H and O–H groups in total. The van der Waals surface area contributed by atoms with E-state index in [4.69, 9.17) is 4.42 Å². The Morgan fingerprint density at radius 2 is 1.81 bits per heavy atom. The van der Waals surface area contributed by atoms with Crippen LogP contribution >= 0.6 is 11.3 Å². The van der Waals surface area contributed by atoms with Gasteiger partial charge in [-0.05, 0) is 49.2 Å². The van der Waals surface area contributed by atoms with Crippen molar-refractivity contribution < 1.29 is 4.42 Å². The lowest BCUT2D eigenvalue weighted by molar-refractivity contribution is 0.571. The van der Waals surface area contributed by atoms with Gasteiger partial charge in [-0.1, -0.05) is 41.7 Å². The van der Waals surface area contributed by atoms with Crippen molar-refractivity contribution >= 4 is 33.4 Å². The lowest BCUT2D eigenvalue weighted by atomic mass is 10.1. The molecule has 0 saturated carbocycles. The lowest BCUT2D eigenvalue weighted by Gasteiger charge is -1.98. The number of thiazole rings is 1. The van der Waals surface area contributed by atoms with Crippen molar-refractivity contribution in [3.63, 3.8) is 0 Å². The molecule has 0 amide bonds. The lowest BCUT2D eigenvalue weighted by Crippen LogP contribution is -2.22. The van der Waals surface area contributed by atoms with Crippen LogP contribution in [0.3, 0.4) is 0 Å². The van der Waals surface area contributed by atoms with Crippen LogP contribution in [0.25, 0.3) is 33.4 Å². The zero-order valence-electron chi connectivity index (χ0n) is 14.9. The fourth-order valence-corrected chi connectivity index (χ4v) is 4.20. The fourth-order valence-electron chi connectivity index (χ4n) is 3.24. The van der Waals surface area contributed by atoms with Crippen LogP contribution in [0.2, 0.25) is 0 Å². The van der Waals surface area contributed by atoms with Crippen LogP contribution in [0.15, 0.2) is 63.8 Å². The first kappa shape index (κ1) is 16.0. The van der Waals surface area contributed by atoms with E-state index in [0.717, 1.165) is 27.9 Å². The van der Waals surface area contributed by atoms with Gasteiger partial charge in [0, 0.05) is 11.6 Å². The molecule has 27 heavy (non-hydrogen) atoms. The van der Waals surface area contributed by atoms with E-state index in [0.29, 0.717) is 15.3 Å². The average molecular weight is 372 g/mol. The summed E-state index contributed by atoms with van der Waals surface area (Å²) >= 11 is 1.39. The van der Waals surface area contributed by atoms with Gasteiger partial charge in [-0.2, -0.15) is 0 Å².